The smallest absolute Gasteiger partial charge is 0.267 e. The van der Waals surface area contributed by atoms with Gasteiger partial charge in [0.2, 0.25) is 0 Å². The Balaban J connectivity index is 1.85. The van der Waals surface area contributed by atoms with Crippen LogP contribution in [-0.2, 0) is 13.0 Å². The Bertz CT molecular complexity index is 1680. The van der Waals surface area contributed by atoms with Crippen LogP contribution < -0.4 is 5.56 Å². The molecule has 194 valence electrons. The average Bonchev–Trinajstić information content (AvgIpc) is 3.30. The van der Waals surface area contributed by atoms with Gasteiger partial charge in [-0.25, -0.2) is 9.20 Å². The number of alkyl halides is 3. The van der Waals surface area contributed by atoms with Gasteiger partial charge >= 0.3 is 6.18 Å². The predicted octanol–water partition coefficient (Wildman–Crippen LogP) is 5.83. The second-order valence-corrected chi connectivity index (χ2v) is 9.36. The van der Waals surface area contributed by atoms with Gasteiger partial charge in [-0.1, -0.05) is 29.8 Å². The van der Waals surface area contributed by atoms with Crippen LogP contribution in [0.25, 0.3) is 27.9 Å². The number of rotatable bonds is 6. The number of pyridine rings is 2. The molecule has 0 amide bonds. The fourth-order valence-electron chi connectivity index (χ4n) is 4.43. The van der Waals surface area contributed by atoms with Gasteiger partial charge in [-0.15, -0.1) is 10.2 Å². The molecule has 5 rings (SSSR count). The van der Waals surface area contributed by atoms with Crippen molar-refractivity contribution in [1.29, 1.82) is 0 Å². The summed E-state index contributed by atoms with van der Waals surface area (Å²) in [6.45, 7) is 3.75. The molecule has 4 aromatic heterocycles. The van der Waals surface area contributed by atoms with Crippen molar-refractivity contribution in [3.05, 3.63) is 99.1 Å². The zero-order chi connectivity index (χ0) is 27.0. The Hall–Kier alpha value is -4.05. The molecule has 0 unspecified atom stereocenters. The van der Waals surface area contributed by atoms with E-state index in [0.717, 1.165) is 11.3 Å². The van der Waals surface area contributed by atoms with Crippen molar-refractivity contribution in [2.75, 3.05) is 0 Å². The van der Waals surface area contributed by atoms with E-state index in [9.17, 15) is 18.0 Å². The Morgan fingerprint density at radius 1 is 0.895 bits per heavy atom. The standard InChI is InChI=1S/C27H22ClF3N6O/c1-16-3-4-20(17(2)33-16)15-36-26(38)24(19-10-13-32-14-11-19)23(18-5-7-21(28)8-6-18)25-35-34-22(37(25)36)9-12-27(29,30)31/h3-8,10-11,13-14H,9,12,15H2,1-2H3. The first kappa shape index (κ1) is 25.6. The summed E-state index contributed by atoms with van der Waals surface area (Å²) in [6.07, 6.45) is -2.80. The van der Waals surface area contributed by atoms with E-state index in [1.165, 1.54) is 9.20 Å². The van der Waals surface area contributed by atoms with Gasteiger partial charge < -0.3 is 0 Å². The highest BCUT2D eigenvalue weighted by molar-refractivity contribution is 6.30. The van der Waals surface area contributed by atoms with Crippen molar-refractivity contribution in [3.8, 4) is 22.3 Å². The number of aromatic nitrogens is 6. The average molecular weight is 539 g/mol. The monoisotopic (exact) mass is 538 g/mol. The van der Waals surface area contributed by atoms with E-state index in [4.69, 9.17) is 11.6 Å². The maximum Gasteiger partial charge on any atom is 0.389 e. The lowest BCUT2D eigenvalue weighted by Crippen LogP contribution is -2.30. The molecular formula is C27H22ClF3N6O. The maximum absolute atomic E-state index is 14.3. The Morgan fingerprint density at radius 2 is 1.58 bits per heavy atom. The summed E-state index contributed by atoms with van der Waals surface area (Å²) in [7, 11) is 0. The van der Waals surface area contributed by atoms with Crippen molar-refractivity contribution in [2.24, 2.45) is 0 Å². The molecule has 0 saturated carbocycles. The van der Waals surface area contributed by atoms with Gasteiger partial charge in [0.1, 0.15) is 0 Å². The lowest BCUT2D eigenvalue weighted by Gasteiger charge is -2.18. The van der Waals surface area contributed by atoms with Crippen molar-refractivity contribution >= 4 is 17.2 Å². The number of halogens is 4. The summed E-state index contributed by atoms with van der Waals surface area (Å²) in [6, 6.07) is 13.9. The summed E-state index contributed by atoms with van der Waals surface area (Å²) in [5.74, 6) is 0.0311. The second-order valence-electron chi connectivity index (χ2n) is 8.92. The van der Waals surface area contributed by atoms with E-state index in [2.05, 4.69) is 20.2 Å². The molecule has 4 heterocycles. The van der Waals surface area contributed by atoms with E-state index in [1.807, 2.05) is 26.0 Å². The first-order valence-corrected chi connectivity index (χ1v) is 12.2. The molecule has 0 fully saturated rings. The van der Waals surface area contributed by atoms with Gasteiger partial charge in [-0.05, 0) is 60.9 Å². The van der Waals surface area contributed by atoms with Crippen molar-refractivity contribution in [2.45, 2.75) is 39.4 Å². The van der Waals surface area contributed by atoms with E-state index in [1.54, 1.807) is 48.8 Å². The maximum atomic E-state index is 14.3. The van der Waals surface area contributed by atoms with Crippen LogP contribution in [0.1, 0.15) is 29.2 Å². The summed E-state index contributed by atoms with van der Waals surface area (Å²) in [4.78, 5) is 22.8. The van der Waals surface area contributed by atoms with Crippen LogP contribution in [0.15, 0.2) is 65.7 Å². The SMILES string of the molecule is Cc1ccc(Cn2c(=O)c(-c3ccncc3)c(-c3ccc(Cl)cc3)c3nnc(CCC(F)(F)F)n32)c(C)n1. The van der Waals surface area contributed by atoms with Gasteiger partial charge in [0, 0.05) is 40.8 Å². The summed E-state index contributed by atoms with van der Waals surface area (Å²) >= 11 is 6.12. The minimum Gasteiger partial charge on any atom is -0.267 e. The number of benzene rings is 1. The molecule has 0 aliphatic rings. The molecule has 0 aliphatic carbocycles. The number of aryl methyl sites for hydroxylation is 3. The molecule has 0 spiro atoms. The summed E-state index contributed by atoms with van der Waals surface area (Å²) < 4.78 is 42.3. The third-order valence-corrected chi connectivity index (χ3v) is 6.51. The molecular weight excluding hydrogens is 517 g/mol. The minimum absolute atomic E-state index is 0.0311. The summed E-state index contributed by atoms with van der Waals surface area (Å²) in [5, 5.41) is 8.92. The lowest BCUT2D eigenvalue weighted by atomic mass is 9.97. The molecule has 1 aromatic carbocycles. The van der Waals surface area contributed by atoms with Gasteiger partial charge in [0.05, 0.1) is 18.5 Å². The van der Waals surface area contributed by atoms with Crippen LogP contribution in [0.4, 0.5) is 13.2 Å². The Labute approximate surface area is 220 Å². The molecule has 0 atom stereocenters. The van der Waals surface area contributed by atoms with Crippen LogP contribution >= 0.6 is 11.6 Å². The molecule has 0 N–H and O–H groups in total. The molecule has 0 aliphatic heterocycles. The highest BCUT2D eigenvalue weighted by Gasteiger charge is 2.29. The zero-order valence-corrected chi connectivity index (χ0v) is 21.3. The topological polar surface area (TPSA) is 78.0 Å². The van der Waals surface area contributed by atoms with Crippen LogP contribution in [0.5, 0.6) is 0 Å². The summed E-state index contributed by atoms with van der Waals surface area (Å²) in [5.41, 5.74) is 4.10. The fourth-order valence-corrected chi connectivity index (χ4v) is 4.56. The number of nitrogens with zero attached hydrogens (tertiary/aromatic N) is 6. The third-order valence-electron chi connectivity index (χ3n) is 6.26. The van der Waals surface area contributed by atoms with Crippen LogP contribution in [0.3, 0.4) is 0 Å². The van der Waals surface area contributed by atoms with Gasteiger partial charge in [-0.3, -0.25) is 14.8 Å². The second kappa shape index (κ2) is 10.0. The van der Waals surface area contributed by atoms with Gasteiger partial charge in [-0.2, -0.15) is 13.2 Å². The zero-order valence-electron chi connectivity index (χ0n) is 20.5. The fraction of sp³-hybridized carbons (Fsp3) is 0.222. The molecule has 0 saturated heterocycles. The molecule has 7 nitrogen and oxygen atoms in total. The first-order valence-electron chi connectivity index (χ1n) is 11.8. The number of hydrogen-bond acceptors (Lipinski definition) is 5. The van der Waals surface area contributed by atoms with Gasteiger partial charge in [0.25, 0.3) is 5.56 Å². The quantitative estimate of drug-likeness (QED) is 0.272. The predicted molar refractivity (Wildman–Crippen MR) is 138 cm³/mol. The lowest BCUT2D eigenvalue weighted by molar-refractivity contribution is -0.134. The highest BCUT2D eigenvalue weighted by Crippen LogP contribution is 2.34. The van der Waals surface area contributed by atoms with Crippen LogP contribution in [0.2, 0.25) is 5.02 Å². The van der Waals surface area contributed by atoms with E-state index in [-0.39, 0.29) is 18.0 Å². The molecule has 5 aromatic rings. The molecule has 38 heavy (non-hydrogen) atoms. The minimum atomic E-state index is -4.40. The van der Waals surface area contributed by atoms with Crippen molar-refractivity contribution in [1.82, 2.24) is 29.4 Å². The molecule has 11 heteroatoms. The number of hydrogen-bond donors (Lipinski definition) is 0. The van der Waals surface area contributed by atoms with Crippen molar-refractivity contribution in [3.63, 3.8) is 0 Å². The number of fused-ring (bicyclic) bond motifs is 1. The van der Waals surface area contributed by atoms with Gasteiger partial charge in [0.15, 0.2) is 11.5 Å². The normalized spacial score (nSPS) is 11.8. The Kier molecular flexibility index (Phi) is 6.75. The van der Waals surface area contributed by atoms with E-state index >= 15 is 0 Å². The van der Waals surface area contributed by atoms with Crippen LogP contribution in [0, 0.1) is 13.8 Å². The van der Waals surface area contributed by atoms with E-state index in [0.29, 0.717) is 33.0 Å². The molecule has 0 radical (unpaired) electrons. The first-order chi connectivity index (χ1) is 18.1. The third kappa shape index (κ3) is 5.04. The molecule has 0 bridgehead atoms. The van der Waals surface area contributed by atoms with E-state index < -0.39 is 24.6 Å². The van der Waals surface area contributed by atoms with Crippen LogP contribution in [-0.4, -0.2) is 35.5 Å². The Morgan fingerprint density at radius 3 is 2.24 bits per heavy atom. The van der Waals surface area contributed by atoms with Crippen molar-refractivity contribution < 1.29 is 13.2 Å². The highest BCUT2D eigenvalue weighted by atomic mass is 35.5. The largest absolute Gasteiger partial charge is 0.389 e.